The van der Waals surface area contributed by atoms with Gasteiger partial charge in [0.2, 0.25) is 0 Å². The number of nitrogens with zero attached hydrogens (tertiary/aromatic N) is 5. The van der Waals surface area contributed by atoms with Crippen molar-refractivity contribution in [3.8, 4) is 11.3 Å². The molecule has 0 amide bonds. The van der Waals surface area contributed by atoms with E-state index in [4.69, 9.17) is 9.51 Å². The molecule has 4 aromatic rings. The molecule has 1 unspecified atom stereocenters. The van der Waals surface area contributed by atoms with Crippen molar-refractivity contribution >= 4 is 11.0 Å². The van der Waals surface area contributed by atoms with E-state index in [1.807, 2.05) is 24.3 Å². The fourth-order valence-electron chi connectivity index (χ4n) is 4.01. The Bertz CT molecular complexity index is 1070. The van der Waals surface area contributed by atoms with Crippen LogP contribution in [0.3, 0.4) is 0 Å². The third kappa shape index (κ3) is 2.92. The Morgan fingerprint density at radius 3 is 2.96 bits per heavy atom. The number of hydrogen-bond donors (Lipinski definition) is 0. The number of aryl methyl sites for hydroxylation is 1. The lowest BCUT2D eigenvalue weighted by Crippen LogP contribution is -2.24. The number of para-hydroxylation sites is 2. The summed E-state index contributed by atoms with van der Waals surface area (Å²) in [6, 6.07) is 14.5. The first-order valence-electron chi connectivity index (χ1n) is 9.31. The van der Waals surface area contributed by atoms with Crippen LogP contribution >= 0.6 is 0 Å². The summed E-state index contributed by atoms with van der Waals surface area (Å²) in [5.74, 6) is 2.00. The molecule has 0 aliphatic carbocycles. The van der Waals surface area contributed by atoms with Crippen molar-refractivity contribution in [3.05, 3.63) is 66.4 Å². The van der Waals surface area contributed by atoms with Crippen LogP contribution in [-0.4, -0.2) is 31.1 Å². The number of benzene rings is 1. The van der Waals surface area contributed by atoms with Gasteiger partial charge in [-0.1, -0.05) is 17.3 Å². The highest BCUT2D eigenvalue weighted by molar-refractivity contribution is 5.75. The number of pyridine rings is 1. The van der Waals surface area contributed by atoms with Gasteiger partial charge in [-0.15, -0.1) is 0 Å². The van der Waals surface area contributed by atoms with Gasteiger partial charge in [-0.05, 0) is 43.7 Å². The Kier molecular flexibility index (Phi) is 3.98. The average molecular weight is 359 g/mol. The van der Waals surface area contributed by atoms with Crippen molar-refractivity contribution in [1.82, 2.24) is 24.6 Å². The second-order valence-corrected chi connectivity index (χ2v) is 7.07. The van der Waals surface area contributed by atoms with Gasteiger partial charge in [0.1, 0.15) is 11.5 Å². The molecule has 6 nitrogen and oxygen atoms in total. The van der Waals surface area contributed by atoms with Gasteiger partial charge in [0.15, 0.2) is 5.76 Å². The summed E-state index contributed by atoms with van der Waals surface area (Å²) in [5.41, 5.74) is 4.04. The molecule has 0 N–H and O–H groups in total. The molecule has 3 aromatic heterocycles. The molecule has 0 radical (unpaired) electrons. The molecule has 1 aliphatic rings. The second-order valence-electron chi connectivity index (χ2n) is 7.07. The monoisotopic (exact) mass is 359 g/mol. The van der Waals surface area contributed by atoms with Crippen LogP contribution < -0.4 is 0 Å². The summed E-state index contributed by atoms with van der Waals surface area (Å²) in [5, 5.41) is 4.22. The SMILES string of the molecule is Cn1c(C2CCCN2Cc2cc(-c3cccnc3)no2)nc2ccccc21. The Hall–Kier alpha value is -2.99. The lowest BCUT2D eigenvalue weighted by molar-refractivity contribution is 0.208. The fourth-order valence-corrected chi connectivity index (χ4v) is 4.01. The standard InChI is InChI=1S/C21H21N5O/c1-25-19-8-3-2-7-17(19)23-21(25)20-9-5-11-26(20)14-16-12-18(24-27-16)15-6-4-10-22-13-15/h2-4,6-8,10,12-13,20H,5,9,11,14H2,1H3. The number of rotatable bonds is 4. The highest BCUT2D eigenvalue weighted by Crippen LogP contribution is 2.34. The second kappa shape index (κ2) is 6.63. The van der Waals surface area contributed by atoms with Gasteiger partial charge in [-0.25, -0.2) is 4.98 Å². The number of fused-ring (bicyclic) bond motifs is 1. The smallest absolute Gasteiger partial charge is 0.151 e. The fraction of sp³-hybridized carbons (Fsp3) is 0.286. The van der Waals surface area contributed by atoms with Gasteiger partial charge in [-0.2, -0.15) is 0 Å². The van der Waals surface area contributed by atoms with Crippen LogP contribution in [0, 0.1) is 0 Å². The van der Waals surface area contributed by atoms with E-state index in [1.165, 1.54) is 5.52 Å². The van der Waals surface area contributed by atoms with E-state index in [-0.39, 0.29) is 0 Å². The maximum Gasteiger partial charge on any atom is 0.151 e. The zero-order chi connectivity index (χ0) is 18.2. The van der Waals surface area contributed by atoms with E-state index < -0.39 is 0 Å². The number of imidazole rings is 1. The highest BCUT2D eigenvalue weighted by atomic mass is 16.5. The molecule has 0 bridgehead atoms. The summed E-state index contributed by atoms with van der Waals surface area (Å²) < 4.78 is 7.83. The Labute approximate surface area is 157 Å². The van der Waals surface area contributed by atoms with Crippen LogP contribution in [0.2, 0.25) is 0 Å². The molecule has 1 fully saturated rings. The van der Waals surface area contributed by atoms with Crippen LogP contribution in [0.4, 0.5) is 0 Å². The molecule has 1 saturated heterocycles. The third-order valence-electron chi connectivity index (χ3n) is 5.36. The topological polar surface area (TPSA) is 60.0 Å². The maximum atomic E-state index is 5.61. The van der Waals surface area contributed by atoms with Gasteiger partial charge >= 0.3 is 0 Å². The summed E-state index contributed by atoms with van der Waals surface area (Å²) >= 11 is 0. The zero-order valence-electron chi connectivity index (χ0n) is 15.2. The zero-order valence-corrected chi connectivity index (χ0v) is 15.2. The highest BCUT2D eigenvalue weighted by Gasteiger charge is 2.30. The molecular weight excluding hydrogens is 338 g/mol. The molecule has 1 aliphatic heterocycles. The van der Waals surface area contributed by atoms with Gasteiger partial charge in [0.05, 0.1) is 23.6 Å². The van der Waals surface area contributed by atoms with Crippen molar-refractivity contribution in [2.75, 3.05) is 6.54 Å². The lowest BCUT2D eigenvalue weighted by atomic mass is 10.2. The first-order valence-corrected chi connectivity index (χ1v) is 9.31. The van der Waals surface area contributed by atoms with E-state index >= 15 is 0 Å². The molecule has 27 heavy (non-hydrogen) atoms. The van der Waals surface area contributed by atoms with Crippen molar-refractivity contribution in [2.24, 2.45) is 7.05 Å². The van der Waals surface area contributed by atoms with E-state index in [0.29, 0.717) is 6.04 Å². The number of aromatic nitrogens is 4. The van der Waals surface area contributed by atoms with Crippen LogP contribution in [0.1, 0.15) is 30.5 Å². The molecule has 136 valence electrons. The van der Waals surface area contributed by atoms with Crippen LogP contribution in [0.5, 0.6) is 0 Å². The minimum atomic E-state index is 0.300. The van der Waals surface area contributed by atoms with Crippen molar-refractivity contribution in [2.45, 2.75) is 25.4 Å². The molecule has 6 heteroatoms. The van der Waals surface area contributed by atoms with Crippen molar-refractivity contribution < 1.29 is 4.52 Å². The van der Waals surface area contributed by atoms with E-state index in [2.05, 4.69) is 44.9 Å². The third-order valence-corrected chi connectivity index (χ3v) is 5.36. The Balaban J connectivity index is 1.40. The van der Waals surface area contributed by atoms with Gasteiger partial charge < -0.3 is 9.09 Å². The quantitative estimate of drug-likeness (QED) is 0.552. The predicted molar refractivity (Wildman–Crippen MR) is 103 cm³/mol. The summed E-state index contributed by atoms with van der Waals surface area (Å²) in [7, 11) is 2.11. The lowest BCUT2D eigenvalue weighted by Gasteiger charge is -2.22. The van der Waals surface area contributed by atoms with Gasteiger partial charge in [0.25, 0.3) is 0 Å². The molecule has 1 aromatic carbocycles. The van der Waals surface area contributed by atoms with E-state index in [1.54, 1.807) is 12.4 Å². The Morgan fingerprint density at radius 2 is 2.11 bits per heavy atom. The largest absolute Gasteiger partial charge is 0.359 e. The van der Waals surface area contributed by atoms with Crippen molar-refractivity contribution in [3.63, 3.8) is 0 Å². The minimum Gasteiger partial charge on any atom is -0.359 e. The van der Waals surface area contributed by atoms with Gasteiger partial charge in [-0.3, -0.25) is 9.88 Å². The minimum absolute atomic E-state index is 0.300. The predicted octanol–water partition coefficient (Wildman–Crippen LogP) is 3.96. The Morgan fingerprint density at radius 1 is 1.19 bits per heavy atom. The first-order chi connectivity index (χ1) is 13.3. The number of hydrogen-bond acceptors (Lipinski definition) is 5. The summed E-state index contributed by atoms with van der Waals surface area (Å²) in [6.07, 6.45) is 5.84. The van der Waals surface area contributed by atoms with Crippen LogP contribution in [0.25, 0.3) is 22.3 Å². The van der Waals surface area contributed by atoms with Crippen LogP contribution in [0.15, 0.2) is 59.4 Å². The number of likely N-dealkylation sites (tertiary alicyclic amines) is 1. The summed E-state index contributed by atoms with van der Waals surface area (Å²) in [4.78, 5) is 11.5. The maximum absolute atomic E-state index is 5.61. The molecule has 4 heterocycles. The molecular formula is C21H21N5O. The van der Waals surface area contributed by atoms with E-state index in [0.717, 1.165) is 54.3 Å². The summed E-state index contributed by atoms with van der Waals surface area (Å²) in [6.45, 7) is 1.78. The van der Waals surface area contributed by atoms with Crippen LogP contribution in [-0.2, 0) is 13.6 Å². The molecule has 0 spiro atoms. The first kappa shape index (κ1) is 16.2. The molecule has 1 atom stereocenters. The van der Waals surface area contributed by atoms with Gasteiger partial charge in [0, 0.05) is 31.1 Å². The normalized spacial score (nSPS) is 17.7. The average Bonchev–Trinajstić information content (AvgIpc) is 3.43. The molecule has 5 rings (SSSR count). The van der Waals surface area contributed by atoms with Crippen molar-refractivity contribution in [1.29, 1.82) is 0 Å². The molecule has 0 saturated carbocycles. The van der Waals surface area contributed by atoms with E-state index in [9.17, 15) is 0 Å².